The van der Waals surface area contributed by atoms with Gasteiger partial charge in [-0.2, -0.15) is 10.1 Å². The van der Waals surface area contributed by atoms with Gasteiger partial charge in [-0.3, -0.25) is 9.59 Å². The molecule has 7 nitrogen and oxygen atoms in total. The second-order valence-electron chi connectivity index (χ2n) is 7.65. The maximum absolute atomic E-state index is 13.1. The zero-order chi connectivity index (χ0) is 24.8. The van der Waals surface area contributed by atoms with Crippen LogP contribution in [-0.4, -0.2) is 30.7 Å². The summed E-state index contributed by atoms with van der Waals surface area (Å²) in [4.78, 5) is 25.4. The van der Waals surface area contributed by atoms with E-state index in [0.29, 0.717) is 45.2 Å². The van der Waals surface area contributed by atoms with E-state index in [1.807, 2.05) is 55.5 Å². The monoisotopic (exact) mass is 533 g/mol. The van der Waals surface area contributed by atoms with Crippen LogP contribution in [-0.2, 0) is 9.59 Å². The van der Waals surface area contributed by atoms with E-state index < -0.39 is 0 Å². The Morgan fingerprint density at radius 3 is 2.37 bits per heavy atom. The average Bonchev–Trinajstić information content (AvgIpc) is 3.14. The molecule has 8 heteroatoms. The largest absolute Gasteiger partial charge is 0.490 e. The number of carbonyl (C=O) groups excluding carboxylic acids is 2. The molecule has 1 aliphatic heterocycles. The highest BCUT2D eigenvalue weighted by Gasteiger charge is 2.29. The second kappa shape index (κ2) is 11.0. The first kappa shape index (κ1) is 24.2. The number of carbonyl (C=O) groups is 2. The molecule has 0 unspecified atom stereocenters. The summed E-state index contributed by atoms with van der Waals surface area (Å²) < 4.78 is 12.2. The number of benzene rings is 3. The maximum atomic E-state index is 13.1. The Hall–Kier alpha value is -3.91. The normalized spacial score (nSPS) is 14.1. The molecule has 0 aliphatic carbocycles. The van der Waals surface area contributed by atoms with Crippen LogP contribution in [0.3, 0.4) is 0 Å². The van der Waals surface area contributed by atoms with Gasteiger partial charge in [-0.1, -0.05) is 52.3 Å². The number of hydrazone groups is 1. The van der Waals surface area contributed by atoms with Gasteiger partial charge in [0.2, 0.25) is 0 Å². The highest BCUT2D eigenvalue weighted by atomic mass is 79.9. The van der Waals surface area contributed by atoms with Crippen LogP contribution in [0.4, 0.5) is 11.4 Å². The van der Waals surface area contributed by atoms with E-state index in [0.717, 1.165) is 5.56 Å². The number of rotatable bonds is 8. The molecule has 178 valence electrons. The number of ether oxygens (including phenoxy) is 2. The molecule has 3 aromatic rings. The van der Waals surface area contributed by atoms with Gasteiger partial charge in [0, 0.05) is 10.2 Å². The van der Waals surface area contributed by atoms with Gasteiger partial charge in [0.1, 0.15) is 0 Å². The molecule has 3 aromatic carbocycles. The van der Waals surface area contributed by atoms with Crippen molar-refractivity contribution < 1.29 is 19.1 Å². The molecule has 0 atom stereocenters. The second-order valence-corrected chi connectivity index (χ2v) is 8.51. The van der Waals surface area contributed by atoms with Crippen LogP contribution in [0.2, 0.25) is 0 Å². The first-order chi connectivity index (χ1) is 17.0. The molecule has 0 fully saturated rings. The zero-order valence-corrected chi connectivity index (χ0v) is 20.9. The van der Waals surface area contributed by atoms with Crippen molar-refractivity contribution in [3.8, 4) is 11.5 Å². The summed E-state index contributed by atoms with van der Waals surface area (Å²) in [5.74, 6) is 0.384. The fraction of sp³-hybridized carbons (Fsp3) is 0.148. The van der Waals surface area contributed by atoms with Crippen LogP contribution in [0.15, 0.2) is 87.9 Å². The molecule has 1 aliphatic rings. The van der Waals surface area contributed by atoms with Crippen molar-refractivity contribution in [3.63, 3.8) is 0 Å². The number of nitrogens with one attached hydrogen (secondary N) is 1. The van der Waals surface area contributed by atoms with Crippen LogP contribution >= 0.6 is 15.9 Å². The summed E-state index contributed by atoms with van der Waals surface area (Å²) in [7, 11) is 0. The van der Waals surface area contributed by atoms with E-state index in [2.05, 4.69) is 26.3 Å². The van der Waals surface area contributed by atoms with Crippen molar-refractivity contribution >= 4 is 50.9 Å². The van der Waals surface area contributed by atoms with E-state index in [1.54, 1.807) is 37.3 Å². The smallest absolute Gasteiger partial charge is 0.280 e. The average molecular weight is 534 g/mol. The van der Waals surface area contributed by atoms with E-state index in [9.17, 15) is 9.59 Å². The highest BCUT2D eigenvalue weighted by molar-refractivity contribution is 9.10. The molecule has 1 N–H and O–H groups in total. The minimum absolute atomic E-state index is 0.182. The summed E-state index contributed by atoms with van der Waals surface area (Å²) in [6, 6.07) is 21.9. The van der Waals surface area contributed by atoms with Crippen LogP contribution in [0, 0.1) is 0 Å². The Morgan fingerprint density at radius 2 is 1.69 bits per heavy atom. The lowest BCUT2D eigenvalue weighted by molar-refractivity contribution is -0.118. The first-order valence-electron chi connectivity index (χ1n) is 11.1. The Morgan fingerprint density at radius 1 is 1.03 bits per heavy atom. The quantitative estimate of drug-likeness (QED) is 0.378. The van der Waals surface area contributed by atoms with Gasteiger partial charge in [0.05, 0.1) is 23.6 Å². The zero-order valence-electron chi connectivity index (χ0n) is 19.3. The highest BCUT2D eigenvalue weighted by Crippen LogP contribution is 2.36. The summed E-state index contributed by atoms with van der Waals surface area (Å²) >= 11 is 3.55. The minimum atomic E-state index is -0.287. The van der Waals surface area contributed by atoms with Gasteiger partial charge in [-0.15, -0.1) is 0 Å². The van der Waals surface area contributed by atoms with Crippen molar-refractivity contribution in [3.05, 3.63) is 88.4 Å². The molecule has 0 radical (unpaired) electrons. The van der Waals surface area contributed by atoms with Gasteiger partial charge in [-0.05, 0) is 61.9 Å². The summed E-state index contributed by atoms with van der Waals surface area (Å²) in [5, 5.41) is 8.60. The standard InChI is InChI=1S/C27H24BrN3O4/c1-3-34-24-15-19(14-22-18(2)30-31(27(22)33)21-12-8-5-9-13-21)23(28)16-25(24)35-17-26(32)29-20-10-6-4-7-11-20/h4-16H,3,17H2,1-2H3,(H,29,32)/b22-14+. The lowest BCUT2D eigenvalue weighted by Gasteiger charge is -2.14. The van der Waals surface area contributed by atoms with Crippen LogP contribution in [0.25, 0.3) is 6.08 Å². The Balaban J connectivity index is 1.54. The van der Waals surface area contributed by atoms with E-state index in [-0.39, 0.29) is 18.4 Å². The SMILES string of the molecule is CCOc1cc(/C=C2/C(=O)N(c3ccccc3)N=C2C)c(Br)cc1OCC(=O)Nc1ccccc1. The third kappa shape index (κ3) is 5.78. The van der Waals surface area contributed by atoms with Gasteiger partial charge in [0.15, 0.2) is 18.1 Å². The molecule has 1 heterocycles. The maximum Gasteiger partial charge on any atom is 0.280 e. The molecular formula is C27H24BrN3O4. The molecule has 0 saturated heterocycles. The summed E-state index contributed by atoms with van der Waals surface area (Å²) in [5.41, 5.74) is 3.21. The molecule has 4 rings (SSSR count). The number of anilines is 2. The molecule has 0 aromatic heterocycles. The van der Waals surface area contributed by atoms with Crippen molar-refractivity contribution in [2.75, 3.05) is 23.5 Å². The summed E-state index contributed by atoms with van der Waals surface area (Å²) in [6.45, 7) is 3.89. The Kier molecular flexibility index (Phi) is 7.62. The Labute approximate surface area is 212 Å². The summed E-state index contributed by atoms with van der Waals surface area (Å²) in [6.07, 6.45) is 1.77. The van der Waals surface area contributed by atoms with Gasteiger partial charge in [-0.25, -0.2) is 0 Å². The molecule has 0 saturated carbocycles. The van der Waals surface area contributed by atoms with Crippen molar-refractivity contribution in [1.29, 1.82) is 0 Å². The van der Waals surface area contributed by atoms with E-state index in [4.69, 9.17) is 9.47 Å². The number of amides is 2. The minimum Gasteiger partial charge on any atom is -0.490 e. The molecule has 0 bridgehead atoms. The van der Waals surface area contributed by atoms with E-state index in [1.165, 1.54) is 5.01 Å². The van der Waals surface area contributed by atoms with Gasteiger partial charge < -0.3 is 14.8 Å². The fourth-order valence-corrected chi connectivity index (χ4v) is 3.93. The predicted octanol–water partition coefficient (Wildman–Crippen LogP) is 5.67. The Bertz CT molecular complexity index is 1290. The van der Waals surface area contributed by atoms with Crippen LogP contribution in [0.1, 0.15) is 19.4 Å². The third-order valence-corrected chi connectivity index (χ3v) is 5.83. The predicted molar refractivity (Wildman–Crippen MR) is 141 cm³/mol. The number of para-hydroxylation sites is 2. The molecule has 35 heavy (non-hydrogen) atoms. The van der Waals surface area contributed by atoms with Crippen LogP contribution in [0.5, 0.6) is 11.5 Å². The lowest BCUT2D eigenvalue weighted by atomic mass is 10.1. The number of halogens is 1. The fourth-order valence-electron chi connectivity index (χ4n) is 3.49. The third-order valence-electron chi connectivity index (χ3n) is 5.14. The lowest BCUT2D eigenvalue weighted by Crippen LogP contribution is -2.21. The number of hydrogen-bond acceptors (Lipinski definition) is 5. The van der Waals surface area contributed by atoms with Crippen molar-refractivity contribution in [2.45, 2.75) is 13.8 Å². The first-order valence-corrected chi connectivity index (χ1v) is 11.9. The van der Waals surface area contributed by atoms with Crippen LogP contribution < -0.4 is 19.8 Å². The molecular weight excluding hydrogens is 510 g/mol. The van der Waals surface area contributed by atoms with Crippen molar-refractivity contribution in [1.82, 2.24) is 0 Å². The van der Waals surface area contributed by atoms with Gasteiger partial charge in [0.25, 0.3) is 11.8 Å². The topological polar surface area (TPSA) is 80.2 Å². The number of hydrogen-bond donors (Lipinski definition) is 1. The molecule has 2 amide bonds. The number of nitrogens with zero attached hydrogens (tertiary/aromatic N) is 2. The molecule has 0 spiro atoms. The van der Waals surface area contributed by atoms with Gasteiger partial charge >= 0.3 is 0 Å². The van der Waals surface area contributed by atoms with Crippen molar-refractivity contribution in [2.24, 2.45) is 5.10 Å². The van der Waals surface area contributed by atoms with E-state index >= 15 is 0 Å².